The lowest BCUT2D eigenvalue weighted by Crippen LogP contribution is -2.19. The molecule has 0 spiro atoms. The van der Waals surface area contributed by atoms with Gasteiger partial charge in [0.1, 0.15) is 18.7 Å². The monoisotopic (exact) mass is 181 g/mol. The number of hydrogen-bond acceptors (Lipinski definition) is 3. The topological polar surface area (TPSA) is 69.1 Å². The van der Waals surface area contributed by atoms with Crippen molar-refractivity contribution in [3.05, 3.63) is 12.2 Å². The molecule has 2 N–H and O–H groups in total. The summed E-state index contributed by atoms with van der Waals surface area (Å²) in [4.78, 5) is 8.23. The molecule has 13 heavy (non-hydrogen) atoms. The second kappa shape index (κ2) is 4.02. The standard InChI is InChI=1S/C8H15N5/c1-6(2)8(9)10-4-7-11-5-12-13(7)3/h5-6H,4H2,1-3H3,(H2,9,10). The maximum atomic E-state index is 5.68. The first-order valence-corrected chi connectivity index (χ1v) is 4.24. The minimum absolute atomic E-state index is 0.285. The van der Waals surface area contributed by atoms with Gasteiger partial charge >= 0.3 is 0 Å². The molecule has 1 heterocycles. The van der Waals surface area contributed by atoms with E-state index in [-0.39, 0.29) is 5.92 Å². The summed E-state index contributed by atoms with van der Waals surface area (Å²) >= 11 is 0. The zero-order valence-electron chi connectivity index (χ0n) is 8.23. The number of nitrogens with two attached hydrogens (primary N) is 1. The van der Waals surface area contributed by atoms with Crippen molar-refractivity contribution in [2.24, 2.45) is 23.7 Å². The van der Waals surface area contributed by atoms with E-state index >= 15 is 0 Å². The Labute approximate surface area is 77.7 Å². The molecule has 0 aliphatic carbocycles. The van der Waals surface area contributed by atoms with Crippen LogP contribution < -0.4 is 5.73 Å². The first kappa shape index (κ1) is 9.70. The van der Waals surface area contributed by atoms with Crippen molar-refractivity contribution in [3.63, 3.8) is 0 Å². The van der Waals surface area contributed by atoms with Crippen LogP contribution >= 0.6 is 0 Å². The predicted octanol–water partition coefficient (Wildman–Crippen LogP) is 0.328. The van der Waals surface area contributed by atoms with Crippen LogP contribution in [0.4, 0.5) is 0 Å². The number of aliphatic imine (C=N–C) groups is 1. The zero-order valence-corrected chi connectivity index (χ0v) is 8.23. The lowest BCUT2D eigenvalue weighted by Gasteiger charge is -2.03. The van der Waals surface area contributed by atoms with Crippen LogP contribution in [0, 0.1) is 5.92 Å². The molecule has 1 aromatic heterocycles. The van der Waals surface area contributed by atoms with E-state index in [9.17, 15) is 0 Å². The fraction of sp³-hybridized carbons (Fsp3) is 0.625. The largest absolute Gasteiger partial charge is 0.387 e. The molecule has 0 aliphatic rings. The highest BCUT2D eigenvalue weighted by Crippen LogP contribution is 1.97. The quantitative estimate of drug-likeness (QED) is 0.539. The Balaban J connectivity index is 2.61. The van der Waals surface area contributed by atoms with E-state index in [1.54, 1.807) is 4.68 Å². The van der Waals surface area contributed by atoms with Crippen LogP contribution in [0.2, 0.25) is 0 Å². The maximum Gasteiger partial charge on any atom is 0.148 e. The average molecular weight is 181 g/mol. The molecule has 1 aromatic rings. The molecule has 0 unspecified atom stereocenters. The second-order valence-electron chi connectivity index (χ2n) is 3.20. The van der Waals surface area contributed by atoms with Gasteiger partial charge in [0, 0.05) is 13.0 Å². The average Bonchev–Trinajstić information content (AvgIpc) is 2.47. The lowest BCUT2D eigenvalue weighted by atomic mass is 10.2. The van der Waals surface area contributed by atoms with Crippen molar-refractivity contribution < 1.29 is 0 Å². The molecule has 0 fully saturated rings. The molecule has 0 aromatic carbocycles. The van der Waals surface area contributed by atoms with Crippen LogP contribution in [0.25, 0.3) is 0 Å². The second-order valence-corrected chi connectivity index (χ2v) is 3.20. The van der Waals surface area contributed by atoms with Crippen molar-refractivity contribution in [1.29, 1.82) is 0 Å². The Hall–Kier alpha value is -1.39. The third-order valence-corrected chi connectivity index (χ3v) is 1.80. The Morgan fingerprint density at radius 2 is 2.38 bits per heavy atom. The van der Waals surface area contributed by atoms with Crippen LogP contribution in [0.3, 0.4) is 0 Å². The molecule has 0 saturated heterocycles. The summed E-state index contributed by atoms with van der Waals surface area (Å²) in [5, 5.41) is 3.93. The van der Waals surface area contributed by atoms with Gasteiger partial charge in [0.2, 0.25) is 0 Å². The highest BCUT2D eigenvalue weighted by atomic mass is 15.3. The number of nitrogens with zero attached hydrogens (tertiary/aromatic N) is 4. The molecule has 5 heteroatoms. The molecular weight excluding hydrogens is 166 g/mol. The SMILES string of the molecule is CC(C)C(N)=NCc1ncnn1C. The van der Waals surface area contributed by atoms with Crippen LogP contribution in [0.15, 0.2) is 11.3 Å². The number of aromatic nitrogens is 3. The number of amidine groups is 1. The van der Waals surface area contributed by atoms with E-state index in [2.05, 4.69) is 15.1 Å². The van der Waals surface area contributed by atoms with Crippen molar-refractivity contribution in [1.82, 2.24) is 14.8 Å². The van der Waals surface area contributed by atoms with Crippen LogP contribution in [0.1, 0.15) is 19.7 Å². The smallest absolute Gasteiger partial charge is 0.148 e. The summed E-state index contributed by atoms with van der Waals surface area (Å²) in [5.74, 6) is 1.76. The van der Waals surface area contributed by atoms with Gasteiger partial charge in [-0.25, -0.2) is 4.98 Å². The third kappa shape index (κ3) is 2.54. The Morgan fingerprint density at radius 3 is 2.85 bits per heavy atom. The molecule has 0 atom stereocenters. The highest BCUT2D eigenvalue weighted by Gasteiger charge is 2.01. The minimum atomic E-state index is 0.285. The maximum absolute atomic E-state index is 5.68. The summed E-state index contributed by atoms with van der Waals surface area (Å²) in [6, 6.07) is 0. The molecule has 0 radical (unpaired) electrons. The molecule has 72 valence electrons. The van der Waals surface area contributed by atoms with Gasteiger partial charge < -0.3 is 5.73 Å². The summed E-state index contributed by atoms with van der Waals surface area (Å²) < 4.78 is 1.69. The molecule has 1 rings (SSSR count). The van der Waals surface area contributed by atoms with Crippen LogP contribution in [-0.2, 0) is 13.6 Å². The van der Waals surface area contributed by atoms with Gasteiger partial charge in [0.05, 0.1) is 5.84 Å². The van der Waals surface area contributed by atoms with Crippen molar-refractivity contribution in [2.75, 3.05) is 0 Å². The van der Waals surface area contributed by atoms with Crippen LogP contribution in [0.5, 0.6) is 0 Å². The molecule has 0 amide bonds. The normalized spacial score (nSPS) is 12.5. The van der Waals surface area contributed by atoms with Gasteiger partial charge in [-0.05, 0) is 0 Å². The van der Waals surface area contributed by atoms with E-state index in [0.717, 1.165) is 5.82 Å². The fourth-order valence-corrected chi connectivity index (χ4v) is 0.808. The summed E-state index contributed by atoms with van der Waals surface area (Å²) in [5.41, 5.74) is 5.68. The zero-order chi connectivity index (χ0) is 9.84. The molecule has 5 nitrogen and oxygen atoms in total. The molecular formula is C8H15N5. The van der Waals surface area contributed by atoms with Gasteiger partial charge in [-0.1, -0.05) is 13.8 Å². The van der Waals surface area contributed by atoms with E-state index in [1.165, 1.54) is 6.33 Å². The van der Waals surface area contributed by atoms with E-state index < -0.39 is 0 Å². The molecule has 0 bridgehead atoms. The minimum Gasteiger partial charge on any atom is -0.387 e. The summed E-state index contributed by atoms with van der Waals surface area (Å²) in [7, 11) is 1.84. The van der Waals surface area contributed by atoms with Crippen molar-refractivity contribution in [3.8, 4) is 0 Å². The fourth-order valence-electron chi connectivity index (χ4n) is 0.808. The number of hydrogen-bond donors (Lipinski definition) is 1. The Morgan fingerprint density at radius 1 is 1.69 bits per heavy atom. The Kier molecular flexibility index (Phi) is 3.00. The number of rotatable bonds is 3. The van der Waals surface area contributed by atoms with E-state index in [4.69, 9.17) is 5.73 Å². The van der Waals surface area contributed by atoms with Gasteiger partial charge in [-0.15, -0.1) is 0 Å². The predicted molar refractivity (Wildman–Crippen MR) is 51.2 cm³/mol. The van der Waals surface area contributed by atoms with Crippen molar-refractivity contribution in [2.45, 2.75) is 20.4 Å². The van der Waals surface area contributed by atoms with E-state index in [1.807, 2.05) is 20.9 Å². The van der Waals surface area contributed by atoms with Gasteiger partial charge in [-0.2, -0.15) is 5.10 Å². The van der Waals surface area contributed by atoms with Gasteiger partial charge in [0.15, 0.2) is 0 Å². The third-order valence-electron chi connectivity index (χ3n) is 1.80. The molecule has 0 saturated carbocycles. The summed E-state index contributed by atoms with van der Waals surface area (Å²) in [6.07, 6.45) is 1.51. The van der Waals surface area contributed by atoms with E-state index in [0.29, 0.717) is 12.4 Å². The summed E-state index contributed by atoms with van der Waals surface area (Å²) in [6.45, 7) is 4.52. The Bertz CT molecular complexity index is 299. The lowest BCUT2D eigenvalue weighted by molar-refractivity contribution is 0.699. The van der Waals surface area contributed by atoms with Gasteiger partial charge in [0.25, 0.3) is 0 Å². The first-order valence-electron chi connectivity index (χ1n) is 4.24. The number of aryl methyl sites for hydroxylation is 1. The highest BCUT2D eigenvalue weighted by molar-refractivity contribution is 5.82. The van der Waals surface area contributed by atoms with Crippen LogP contribution in [-0.4, -0.2) is 20.6 Å². The first-order chi connectivity index (χ1) is 6.11. The molecule has 0 aliphatic heterocycles. The van der Waals surface area contributed by atoms with Gasteiger partial charge in [-0.3, -0.25) is 9.67 Å². The van der Waals surface area contributed by atoms with Crippen molar-refractivity contribution >= 4 is 5.84 Å².